The van der Waals surface area contributed by atoms with E-state index in [4.69, 9.17) is 14.5 Å². The highest BCUT2D eigenvalue weighted by atomic mass is 32.2. The lowest BCUT2D eigenvalue weighted by molar-refractivity contribution is 0.0578. The number of anilines is 1. The fraction of sp³-hybridized carbons (Fsp3) is 0.538. The Bertz CT molecular complexity index is 1140. The molecular formula is C26H34FN3O4S. The van der Waals surface area contributed by atoms with Gasteiger partial charge in [-0.1, -0.05) is 0 Å². The zero-order chi connectivity index (χ0) is 26.0. The molecule has 0 bridgehead atoms. The van der Waals surface area contributed by atoms with Gasteiger partial charge < -0.3 is 14.0 Å². The fourth-order valence-electron chi connectivity index (χ4n) is 3.97. The molecule has 2 aliphatic heterocycles. The van der Waals surface area contributed by atoms with Crippen molar-refractivity contribution in [1.82, 2.24) is 9.71 Å². The molecule has 1 saturated heterocycles. The topological polar surface area (TPSA) is 90.0 Å². The van der Waals surface area contributed by atoms with Crippen LogP contribution < -0.4 is 9.62 Å². The van der Waals surface area contributed by atoms with Crippen molar-refractivity contribution in [3.63, 3.8) is 0 Å². The van der Waals surface area contributed by atoms with Gasteiger partial charge in [-0.25, -0.2) is 14.2 Å². The summed E-state index contributed by atoms with van der Waals surface area (Å²) in [4.78, 5) is 19.9. The van der Waals surface area contributed by atoms with Gasteiger partial charge in [0.2, 0.25) is 0 Å². The molecule has 190 valence electrons. The maximum Gasteiger partial charge on any atom is 0.414 e. The minimum Gasteiger partial charge on any atom is -0.598 e. The van der Waals surface area contributed by atoms with Gasteiger partial charge in [0.25, 0.3) is 0 Å². The van der Waals surface area contributed by atoms with Crippen molar-refractivity contribution in [1.29, 1.82) is 0 Å². The standard InChI is InChI=1S/C26H34FN3O4S/c1-23(2,3)34-22(31)30-14-25(7,29-35(32)24(4,5)6)18-13-19(26(8)15-33-26)28-20(21(18)30)16-9-11-17(27)12-10-16/h9-13,29H,14-15H2,1-8H3/t25-,26?,35?/m1/s1. The van der Waals surface area contributed by atoms with E-state index in [2.05, 4.69) is 4.72 Å². The molecular weight excluding hydrogens is 469 g/mol. The molecule has 0 radical (unpaired) electrons. The molecule has 2 aromatic rings. The number of amides is 1. The number of nitrogens with zero attached hydrogens (tertiary/aromatic N) is 2. The second kappa shape index (κ2) is 8.44. The number of ether oxygens (including phenoxy) is 2. The van der Waals surface area contributed by atoms with Crippen molar-refractivity contribution in [2.24, 2.45) is 0 Å². The Balaban J connectivity index is 1.93. The van der Waals surface area contributed by atoms with Gasteiger partial charge in [0.05, 0.1) is 30.2 Å². The summed E-state index contributed by atoms with van der Waals surface area (Å²) in [5.41, 5.74) is 1.08. The maximum atomic E-state index is 13.8. The molecule has 4 rings (SSSR count). The number of aromatic nitrogens is 1. The smallest absolute Gasteiger partial charge is 0.414 e. The molecule has 3 atom stereocenters. The van der Waals surface area contributed by atoms with Crippen molar-refractivity contribution >= 4 is 23.1 Å². The van der Waals surface area contributed by atoms with Crippen LogP contribution in [0, 0.1) is 5.82 Å². The lowest BCUT2D eigenvalue weighted by Gasteiger charge is -2.33. The zero-order valence-electron chi connectivity index (χ0n) is 21.6. The van der Waals surface area contributed by atoms with Gasteiger partial charge in [0.1, 0.15) is 27.3 Å². The predicted molar refractivity (Wildman–Crippen MR) is 135 cm³/mol. The average Bonchev–Trinajstić information content (AvgIpc) is 3.41. The third kappa shape index (κ3) is 5.18. The fourth-order valence-corrected chi connectivity index (χ4v) is 4.86. The van der Waals surface area contributed by atoms with Crippen molar-refractivity contribution < 1.29 is 23.2 Å². The third-order valence-corrected chi connectivity index (χ3v) is 7.80. The number of hydrogen-bond donors (Lipinski definition) is 1. The monoisotopic (exact) mass is 503 g/mol. The molecule has 9 heteroatoms. The van der Waals surface area contributed by atoms with E-state index >= 15 is 0 Å². The highest BCUT2D eigenvalue weighted by molar-refractivity contribution is 7.90. The summed E-state index contributed by atoms with van der Waals surface area (Å²) in [6, 6.07) is 7.93. The van der Waals surface area contributed by atoms with Crippen LogP contribution in [0.2, 0.25) is 0 Å². The summed E-state index contributed by atoms with van der Waals surface area (Å²) in [6.07, 6.45) is -0.530. The molecule has 0 saturated carbocycles. The first-order valence-corrected chi connectivity index (χ1v) is 12.8. The van der Waals surface area contributed by atoms with Gasteiger partial charge in [-0.15, -0.1) is 4.72 Å². The Morgan fingerprint density at radius 3 is 2.31 bits per heavy atom. The van der Waals surface area contributed by atoms with Crippen molar-refractivity contribution in [3.8, 4) is 11.3 Å². The Hall–Kier alpha value is -2.20. The van der Waals surface area contributed by atoms with E-state index in [1.165, 1.54) is 12.1 Å². The molecule has 1 aromatic carbocycles. The first kappa shape index (κ1) is 25.9. The van der Waals surface area contributed by atoms with Gasteiger partial charge in [0, 0.05) is 22.5 Å². The van der Waals surface area contributed by atoms with Crippen LogP contribution in [0.3, 0.4) is 0 Å². The average molecular weight is 504 g/mol. The molecule has 0 spiro atoms. The largest absolute Gasteiger partial charge is 0.598 e. The molecule has 2 aliphatic rings. The summed E-state index contributed by atoms with van der Waals surface area (Å²) in [6.45, 7) is 15.7. The Morgan fingerprint density at radius 1 is 1.20 bits per heavy atom. The first-order valence-electron chi connectivity index (χ1n) is 11.7. The zero-order valence-corrected chi connectivity index (χ0v) is 22.4. The summed E-state index contributed by atoms with van der Waals surface area (Å²) < 4.78 is 41.1. The molecule has 35 heavy (non-hydrogen) atoms. The van der Waals surface area contributed by atoms with Gasteiger partial charge in [-0.3, -0.25) is 4.90 Å². The lowest BCUT2D eigenvalue weighted by Crippen LogP contribution is -2.52. The van der Waals surface area contributed by atoms with Crippen molar-refractivity contribution in [2.45, 2.75) is 76.9 Å². The molecule has 1 fully saturated rings. The third-order valence-electron chi connectivity index (χ3n) is 6.06. The van der Waals surface area contributed by atoms with Gasteiger partial charge in [-0.05, 0) is 85.7 Å². The SMILES string of the molecule is CC(C)(C)OC(=O)N1C[C@@](C)(N[S+]([O-])C(C)(C)C)c2cc(C3(C)CO3)nc(-c3ccc(F)cc3)c21. The predicted octanol–water partition coefficient (Wildman–Crippen LogP) is 5.16. The molecule has 1 N–H and O–H groups in total. The highest BCUT2D eigenvalue weighted by Gasteiger charge is 2.51. The molecule has 1 aromatic heterocycles. The molecule has 3 heterocycles. The number of fused-ring (bicyclic) bond motifs is 1. The van der Waals surface area contributed by atoms with Crippen LogP contribution in [0.15, 0.2) is 30.3 Å². The van der Waals surface area contributed by atoms with Crippen LogP contribution in [0.25, 0.3) is 11.3 Å². The molecule has 1 amide bonds. The van der Waals surface area contributed by atoms with Crippen LogP contribution in [0.1, 0.15) is 66.6 Å². The Morgan fingerprint density at radius 2 is 1.80 bits per heavy atom. The van der Waals surface area contributed by atoms with Gasteiger partial charge in [0.15, 0.2) is 0 Å². The summed E-state index contributed by atoms with van der Waals surface area (Å²) in [5.74, 6) is -0.366. The van der Waals surface area contributed by atoms with E-state index in [0.29, 0.717) is 29.2 Å². The number of rotatable bonds is 4. The molecule has 2 unspecified atom stereocenters. The van der Waals surface area contributed by atoms with Crippen LogP contribution in [-0.2, 0) is 32.0 Å². The number of nitrogens with one attached hydrogen (secondary N) is 1. The van der Waals surface area contributed by atoms with Crippen LogP contribution in [0.4, 0.5) is 14.9 Å². The van der Waals surface area contributed by atoms with E-state index in [1.54, 1.807) is 17.0 Å². The minimum absolute atomic E-state index is 0.190. The number of hydrogen-bond acceptors (Lipinski definition) is 6. The molecule has 0 aliphatic carbocycles. The van der Waals surface area contributed by atoms with E-state index in [9.17, 15) is 13.7 Å². The van der Waals surface area contributed by atoms with E-state index in [-0.39, 0.29) is 12.4 Å². The quantitative estimate of drug-likeness (QED) is 0.458. The molecule has 7 nitrogen and oxygen atoms in total. The van der Waals surface area contributed by atoms with Gasteiger partial charge >= 0.3 is 6.09 Å². The Kier molecular flexibility index (Phi) is 6.24. The van der Waals surface area contributed by atoms with Gasteiger partial charge in [-0.2, -0.15) is 0 Å². The number of halogens is 1. The van der Waals surface area contributed by atoms with Crippen LogP contribution >= 0.6 is 0 Å². The maximum absolute atomic E-state index is 13.8. The number of benzene rings is 1. The van der Waals surface area contributed by atoms with E-state index < -0.39 is 38.9 Å². The van der Waals surface area contributed by atoms with E-state index in [1.807, 2.05) is 61.5 Å². The van der Waals surface area contributed by atoms with Crippen LogP contribution in [-0.4, -0.2) is 39.1 Å². The second-order valence-electron chi connectivity index (χ2n) is 11.7. The lowest BCUT2D eigenvalue weighted by atomic mass is 9.92. The number of carbonyl (C=O) groups excluding carboxylic acids is 1. The summed E-state index contributed by atoms with van der Waals surface area (Å²) in [5, 5.41) is 0. The normalized spacial score (nSPS) is 24.8. The van der Waals surface area contributed by atoms with Crippen molar-refractivity contribution in [3.05, 3.63) is 47.4 Å². The number of pyridine rings is 1. The summed E-state index contributed by atoms with van der Waals surface area (Å²) in [7, 11) is 0. The van der Waals surface area contributed by atoms with E-state index in [0.717, 1.165) is 5.56 Å². The second-order valence-corrected chi connectivity index (χ2v) is 13.6. The Labute approximate surface area is 209 Å². The van der Waals surface area contributed by atoms with Crippen molar-refractivity contribution in [2.75, 3.05) is 18.1 Å². The minimum atomic E-state index is -1.42. The highest BCUT2D eigenvalue weighted by Crippen LogP contribution is 2.49. The number of epoxide rings is 1. The van der Waals surface area contributed by atoms with Crippen LogP contribution in [0.5, 0.6) is 0 Å². The number of carbonyl (C=O) groups is 1. The summed E-state index contributed by atoms with van der Waals surface area (Å²) >= 11 is -1.42. The first-order chi connectivity index (χ1) is 16.0.